The Bertz CT molecular complexity index is 605. The van der Waals surface area contributed by atoms with Crippen LogP contribution in [0.4, 0.5) is 14.6 Å². The van der Waals surface area contributed by atoms with Crippen LogP contribution >= 0.6 is 0 Å². The summed E-state index contributed by atoms with van der Waals surface area (Å²) in [6.45, 7) is 1.77. The van der Waals surface area contributed by atoms with Gasteiger partial charge in [0.2, 0.25) is 0 Å². The fourth-order valence-corrected chi connectivity index (χ4v) is 1.92. The van der Waals surface area contributed by atoms with Gasteiger partial charge in [-0.05, 0) is 25.5 Å². The molecule has 0 amide bonds. The van der Waals surface area contributed by atoms with Crippen molar-refractivity contribution in [2.75, 3.05) is 11.9 Å². The smallest absolute Gasteiger partial charge is 0.387 e. The minimum absolute atomic E-state index is 0.0724. The van der Waals surface area contributed by atoms with Crippen molar-refractivity contribution in [3.05, 3.63) is 36.0 Å². The summed E-state index contributed by atoms with van der Waals surface area (Å²) in [6.07, 6.45) is 0.728. The Morgan fingerprint density at radius 3 is 2.62 bits per heavy atom. The minimum Gasteiger partial charge on any atom is -0.434 e. The van der Waals surface area contributed by atoms with Gasteiger partial charge in [-0.3, -0.25) is 0 Å². The molecule has 2 aromatic rings. The summed E-state index contributed by atoms with van der Waals surface area (Å²) in [7, 11) is 0. The third kappa shape index (κ3) is 3.87. The number of rotatable bonds is 6. The van der Waals surface area contributed by atoms with E-state index in [1.807, 2.05) is 19.9 Å². The molecular weight excluding hydrogens is 276 g/mol. The van der Waals surface area contributed by atoms with Gasteiger partial charge in [-0.15, -0.1) is 0 Å². The van der Waals surface area contributed by atoms with Crippen LogP contribution in [0.2, 0.25) is 0 Å². The maximum Gasteiger partial charge on any atom is 0.387 e. The van der Waals surface area contributed by atoms with E-state index in [-0.39, 0.29) is 5.75 Å². The number of benzene rings is 1. The zero-order valence-electron chi connectivity index (χ0n) is 11.9. The molecule has 0 saturated heterocycles. The van der Waals surface area contributed by atoms with Crippen LogP contribution in [0.5, 0.6) is 5.75 Å². The Hall–Kier alpha value is -2.24. The molecule has 1 aromatic carbocycles. The Morgan fingerprint density at radius 1 is 1.19 bits per heavy atom. The quantitative estimate of drug-likeness (QED) is 0.881. The number of ether oxygens (including phenoxy) is 1. The molecule has 1 aromatic heterocycles. The molecule has 0 unspecified atom stereocenters. The molecule has 0 atom stereocenters. The Morgan fingerprint density at radius 2 is 1.95 bits per heavy atom. The van der Waals surface area contributed by atoms with Crippen molar-refractivity contribution in [1.29, 1.82) is 0 Å². The van der Waals surface area contributed by atoms with Crippen molar-refractivity contribution in [3.63, 3.8) is 0 Å². The lowest BCUT2D eigenvalue weighted by atomic mass is 10.1. The van der Waals surface area contributed by atoms with E-state index in [0.717, 1.165) is 18.7 Å². The van der Waals surface area contributed by atoms with Crippen molar-refractivity contribution >= 4 is 5.82 Å². The van der Waals surface area contributed by atoms with E-state index in [4.69, 9.17) is 0 Å². The van der Waals surface area contributed by atoms with Gasteiger partial charge in [-0.1, -0.05) is 19.1 Å². The summed E-state index contributed by atoms with van der Waals surface area (Å²) >= 11 is 0. The summed E-state index contributed by atoms with van der Waals surface area (Å²) in [6, 6.07) is 8.38. The van der Waals surface area contributed by atoms with Gasteiger partial charge in [0.25, 0.3) is 0 Å². The average Bonchev–Trinajstić information content (AvgIpc) is 2.47. The molecule has 0 spiro atoms. The van der Waals surface area contributed by atoms with Crippen molar-refractivity contribution in [3.8, 4) is 17.1 Å². The SMILES string of the molecule is CCNc1cc(CC)nc(-c2ccccc2OC(F)F)n1. The predicted molar refractivity (Wildman–Crippen MR) is 77.6 cm³/mol. The van der Waals surface area contributed by atoms with Gasteiger partial charge in [0.05, 0.1) is 5.56 Å². The van der Waals surface area contributed by atoms with Gasteiger partial charge in [-0.2, -0.15) is 8.78 Å². The Labute approximate surface area is 122 Å². The van der Waals surface area contributed by atoms with Gasteiger partial charge in [0.1, 0.15) is 11.6 Å². The summed E-state index contributed by atoms with van der Waals surface area (Å²) in [5, 5.41) is 3.11. The zero-order chi connectivity index (χ0) is 15.2. The summed E-state index contributed by atoms with van der Waals surface area (Å²) in [5.41, 5.74) is 1.29. The number of para-hydroxylation sites is 1. The molecular formula is C15H17F2N3O. The zero-order valence-corrected chi connectivity index (χ0v) is 11.9. The first-order chi connectivity index (χ1) is 10.1. The average molecular weight is 293 g/mol. The normalized spacial score (nSPS) is 10.7. The van der Waals surface area contributed by atoms with Crippen molar-refractivity contribution in [2.24, 2.45) is 0 Å². The van der Waals surface area contributed by atoms with Crippen molar-refractivity contribution in [1.82, 2.24) is 9.97 Å². The van der Waals surface area contributed by atoms with Crippen LogP contribution in [0.3, 0.4) is 0 Å². The molecule has 1 N–H and O–H groups in total. The van der Waals surface area contributed by atoms with Crippen LogP contribution in [-0.2, 0) is 6.42 Å². The van der Waals surface area contributed by atoms with Crippen molar-refractivity contribution < 1.29 is 13.5 Å². The fourth-order valence-electron chi connectivity index (χ4n) is 1.92. The molecule has 1 heterocycles. The molecule has 0 fully saturated rings. The molecule has 6 heteroatoms. The van der Waals surface area contributed by atoms with E-state index >= 15 is 0 Å². The molecule has 0 aliphatic rings. The van der Waals surface area contributed by atoms with Crippen LogP contribution in [0.25, 0.3) is 11.4 Å². The first-order valence-corrected chi connectivity index (χ1v) is 6.80. The van der Waals surface area contributed by atoms with Crippen molar-refractivity contribution in [2.45, 2.75) is 26.9 Å². The Balaban J connectivity index is 2.47. The second-order valence-corrected chi connectivity index (χ2v) is 4.33. The van der Waals surface area contributed by atoms with Crippen LogP contribution < -0.4 is 10.1 Å². The highest BCUT2D eigenvalue weighted by molar-refractivity contribution is 5.65. The van der Waals surface area contributed by atoms with Crippen LogP contribution in [0.1, 0.15) is 19.5 Å². The molecule has 2 rings (SSSR count). The molecule has 4 nitrogen and oxygen atoms in total. The number of halogens is 2. The number of hydrogen-bond donors (Lipinski definition) is 1. The number of alkyl halides is 2. The summed E-state index contributed by atoms with van der Waals surface area (Å²) < 4.78 is 29.5. The number of hydrogen-bond acceptors (Lipinski definition) is 4. The molecule has 21 heavy (non-hydrogen) atoms. The molecule has 112 valence electrons. The standard InChI is InChI=1S/C15H17F2N3O/c1-3-10-9-13(18-4-2)20-14(19-10)11-7-5-6-8-12(11)21-15(16)17/h5-9,15H,3-4H2,1-2H3,(H,18,19,20). The van der Waals surface area contributed by atoms with Gasteiger partial charge < -0.3 is 10.1 Å². The number of aromatic nitrogens is 2. The summed E-state index contributed by atoms with van der Waals surface area (Å²) in [4.78, 5) is 8.76. The first kappa shape index (κ1) is 15.2. The first-order valence-electron chi connectivity index (χ1n) is 6.80. The van der Waals surface area contributed by atoms with Gasteiger partial charge in [0.15, 0.2) is 5.82 Å². The van der Waals surface area contributed by atoms with Gasteiger partial charge >= 0.3 is 6.61 Å². The number of aryl methyl sites for hydroxylation is 1. The highest BCUT2D eigenvalue weighted by Crippen LogP contribution is 2.29. The molecule has 0 aliphatic carbocycles. The Kier molecular flexibility index (Phi) is 5.03. The van der Waals surface area contributed by atoms with Gasteiger partial charge in [-0.25, -0.2) is 9.97 Å². The lowest BCUT2D eigenvalue weighted by Crippen LogP contribution is -2.06. The largest absolute Gasteiger partial charge is 0.434 e. The molecule has 0 radical (unpaired) electrons. The summed E-state index contributed by atoms with van der Waals surface area (Å²) in [5.74, 6) is 1.12. The second kappa shape index (κ2) is 6.97. The monoisotopic (exact) mass is 293 g/mol. The fraction of sp³-hybridized carbons (Fsp3) is 0.333. The van der Waals surface area contributed by atoms with Crippen LogP contribution in [0, 0.1) is 0 Å². The highest BCUT2D eigenvalue weighted by atomic mass is 19.3. The number of nitrogens with one attached hydrogen (secondary N) is 1. The maximum absolute atomic E-state index is 12.5. The second-order valence-electron chi connectivity index (χ2n) is 4.33. The van der Waals surface area contributed by atoms with E-state index in [2.05, 4.69) is 20.0 Å². The topological polar surface area (TPSA) is 47.0 Å². The third-order valence-electron chi connectivity index (χ3n) is 2.84. The van der Waals surface area contributed by atoms with Gasteiger partial charge in [0, 0.05) is 18.3 Å². The number of nitrogens with zero attached hydrogens (tertiary/aromatic N) is 2. The van der Waals surface area contributed by atoms with Crippen LogP contribution in [-0.4, -0.2) is 23.1 Å². The number of anilines is 1. The predicted octanol–water partition coefficient (Wildman–Crippen LogP) is 3.74. The molecule has 0 aliphatic heterocycles. The lowest BCUT2D eigenvalue weighted by molar-refractivity contribution is -0.0494. The lowest BCUT2D eigenvalue weighted by Gasteiger charge is -2.12. The van der Waals surface area contributed by atoms with E-state index in [1.165, 1.54) is 6.07 Å². The maximum atomic E-state index is 12.5. The van der Waals surface area contributed by atoms with E-state index in [0.29, 0.717) is 17.2 Å². The van der Waals surface area contributed by atoms with E-state index in [1.54, 1.807) is 18.2 Å². The van der Waals surface area contributed by atoms with Crippen LogP contribution in [0.15, 0.2) is 30.3 Å². The van der Waals surface area contributed by atoms with E-state index in [9.17, 15) is 8.78 Å². The highest BCUT2D eigenvalue weighted by Gasteiger charge is 2.14. The molecule has 0 saturated carbocycles. The van der Waals surface area contributed by atoms with E-state index < -0.39 is 6.61 Å². The third-order valence-corrected chi connectivity index (χ3v) is 2.84. The molecule has 0 bridgehead atoms. The minimum atomic E-state index is -2.88.